The highest BCUT2D eigenvalue weighted by Crippen LogP contribution is 2.28. The lowest BCUT2D eigenvalue weighted by Crippen LogP contribution is -2.35. The molecule has 9 nitrogen and oxygen atoms in total. The van der Waals surface area contributed by atoms with Crippen molar-refractivity contribution in [1.82, 2.24) is 9.88 Å². The molecule has 0 atom stereocenters. The number of nitrogens with one attached hydrogen (secondary N) is 1. The predicted molar refractivity (Wildman–Crippen MR) is 99.4 cm³/mol. The molecular weight excluding hydrogens is 372 g/mol. The maximum Gasteiger partial charge on any atom is 0.409 e. The molecule has 1 aliphatic heterocycles. The maximum atomic E-state index is 12.1. The molecule has 2 aromatic rings. The third-order valence-corrected chi connectivity index (χ3v) is 4.90. The van der Waals surface area contributed by atoms with Crippen molar-refractivity contribution in [1.29, 1.82) is 0 Å². The van der Waals surface area contributed by atoms with E-state index in [9.17, 15) is 19.7 Å². The molecule has 27 heavy (non-hydrogen) atoms. The number of nitro benzene ring substituents is 1. The fourth-order valence-electron chi connectivity index (χ4n) is 2.59. The number of rotatable bonds is 4. The first kappa shape index (κ1) is 18.5. The van der Waals surface area contributed by atoms with Gasteiger partial charge in [0.1, 0.15) is 0 Å². The molecule has 0 fully saturated rings. The van der Waals surface area contributed by atoms with Crippen molar-refractivity contribution in [3.05, 3.63) is 56.6 Å². The van der Waals surface area contributed by atoms with Crippen LogP contribution in [0.5, 0.6) is 0 Å². The molecule has 0 saturated carbocycles. The van der Waals surface area contributed by atoms with Crippen molar-refractivity contribution >= 4 is 40.2 Å². The van der Waals surface area contributed by atoms with E-state index in [2.05, 4.69) is 10.3 Å². The van der Waals surface area contributed by atoms with Crippen LogP contribution in [0, 0.1) is 10.1 Å². The minimum Gasteiger partial charge on any atom is -0.453 e. The summed E-state index contributed by atoms with van der Waals surface area (Å²) in [5.74, 6) is -0.391. The lowest BCUT2D eigenvalue weighted by Gasteiger charge is -2.24. The summed E-state index contributed by atoms with van der Waals surface area (Å²) in [5.41, 5.74) is 1.37. The monoisotopic (exact) mass is 388 g/mol. The minimum absolute atomic E-state index is 0.0414. The van der Waals surface area contributed by atoms with Crippen LogP contribution in [0.3, 0.4) is 0 Å². The van der Waals surface area contributed by atoms with E-state index in [0.717, 1.165) is 10.6 Å². The second-order valence-electron chi connectivity index (χ2n) is 5.71. The van der Waals surface area contributed by atoms with E-state index in [4.69, 9.17) is 4.74 Å². The number of carbonyl (C=O) groups is 2. The third kappa shape index (κ3) is 4.47. The summed E-state index contributed by atoms with van der Waals surface area (Å²) in [6.07, 6.45) is 2.99. The number of carbonyl (C=O) groups excluding carboxylic acids is 2. The zero-order valence-electron chi connectivity index (χ0n) is 14.4. The topological polar surface area (TPSA) is 115 Å². The van der Waals surface area contributed by atoms with Crippen molar-refractivity contribution < 1.29 is 19.2 Å². The number of anilines is 1. The SMILES string of the molecule is COC(=O)N1CCc2nc(NC(=O)/C=C/c3cccc([N+](=O)[O-])c3)sc2C1. The molecule has 0 spiro atoms. The highest BCUT2D eigenvalue weighted by atomic mass is 32.1. The standard InChI is InChI=1S/C17H16N4O5S/c1-26-17(23)20-8-7-13-14(10-20)27-16(18-13)19-15(22)6-5-11-3-2-4-12(9-11)21(24)25/h2-6,9H,7-8,10H2,1H3,(H,18,19,22)/b6-5+. The molecule has 0 radical (unpaired) electrons. The summed E-state index contributed by atoms with van der Waals surface area (Å²) in [6, 6.07) is 5.99. The minimum atomic E-state index is -0.491. The molecule has 0 saturated heterocycles. The summed E-state index contributed by atoms with van der Waals surface area (Å²) >= 11 is 1.31. The Labute approximate surface area is 158 Å². The van der Waals surface area contributed by atoms with E-state index in [1.807, 2.05) is 0 Å². The predicted octanol–water partition coefficient (Wildman–Crippen LogP) is 2.83. The Balaban J connectivity index is 1.64. The van der Waals surface area contributed by atoms with Gasteiger partial charge >= 0.3 is 6.09 Å². The van der Waals surface area contributed by atoms with Gasteiger partial charge in [-0.1, -0.05) is 23.5 Å². The number of fused-ring (bicyclic) bond motifs is 1. The maximum absolute atomic E-state index is 12.1. The third-order valence-electron chi connectivity index (χ3n) is 3.90. The lowest BCUT2D eigenvalue weighted by atomic mass is 10.2. The van der Waals surface area contributed by atoms with E-state index in [1.54, 1.807) is 17.0 Å². The second-order valence-corrected chi connectivity index (χ2v) is 6.79. The molecule has 0 aliphatic carbocycles. The molecule has 0 unspecified atom stereocenters. The first-order valence-corrected chi connectivity index (χ1v) is 8.83. The van der Waals surface area contributed by atoms with E-state index < -0.39 is 10.8 Å². The summed E-state index contributed by atoms with van der Waals surface area (Å²) in [5, 5.41) is 13.9. The van der Waals surface area contributed by atoms with Crippen LogP contribution in [-0.4, -0.2) is 40.5 Å². The largest absolute Gasteiger partial charge is 0.453 e. The molecule has 0 bridgehead atoms. The average Bonchev–Trinajstić information content (AvgIpc) is 3.07. The van der Waals surface area contributed by atoms with Crippen LogP contribution in [0.25, 0.3) is 6.08 Å². The number of aromatic nitrogens is 1. The van der Waals surface area contributed by atoms with Gasteiger partial charge in [-0.2, -0.15) is 0 Å². The summed E-state index contributed by atoms with van der Waals surface area (Å²) < 4.78 is 4.72. The summed E-state index contributed by atoms with van der Waals surface area (Å²) in [6.45, 7) is 0.919. The number of amides is 2. The van der Waals surface area contributed by atoms with Gasteiger partial charge < -0.3 is 9.64 Å². The molecule has 140 valence electrons. The summed E-state index contributed by atoms with van der Waals surface area (Å²) in [7, 11) is 1.34. The number of hydrogen-bond acceptors (Lipinski definition) is 7. The van der Waals surface area contributed by atoms with E-state index in [0.29, 0.717) is 30.2 Å². The van der Waals surface area contributed by atoms with Crippen molar-refractivity contribution in [2.45, 2.75) is 13.0 Å². The lowest BCUT2D eigenvalue weighted by molar-refractivity contribution is -0.384. The highest BCUT2D eigenvalue weighted by Gasteiger charge is 2.24. The van der Waals surface area contributed by atoms with Crippen LogP contribution >= 0.6 is 11.3 Å². The van der Waals surface area contributed by atoms with Gasteiger partial charge in [-0.25, -0.2) is 9.78 Å². The molecule has 1 N–H and O–H groups in total. The first-order chi connectivity index (χ1) is 13.0. The number of non-ortho nitro benzene ring substituents is 1. The normalized spacial score (nSPS) is 13.3. The Morgan fingerprint density at radius 3 is 3.00 bits per heavy atom. The van der Waals surface area contributed by atoms with Crippen LogP contribution in [0.1, 0.15) is 16.1 Å². The number of hydrogen-bond donors (Lipinski definition) is 1. The van der Waals surface area contributed by atoms with Crippen molar-refractivity contribution in [2.75, 3.05) is 19.0 Å². The van der Waals surface area contributed by atoms with Crippen LogP contribution in [0.15, 0.2) is 30.3 Å². The van der Waals surface area contributed by atoms with Crippen LogP contribution < -0.4 is 5.32 Å². The van der Waals surface area contributed by atoms with E-state index in [-0.39, 0.29) is 11.8 Å². The smallest absolute Gasteiger partial charge is 0.409 e. The molecule has 1 aromatic carbocycles. The Morgan fingerprint density at radius 1 is 1.44 bits per heavy atom. The average molecular weight is 388 g/mol. The number of ether oxygens (including phenoxy) is 1. The van der Waals surface area contributed by atoms with Crippen LogP contribution in [0.2, 0.25) is 0 Å². The van der Waals surface area contributed by atoms with Crippen molar-refractivity contribution in [2.24, 2.45) is 0 Å². The number of benzene rings is 1. The second kappa shape index (κ2) is 7.96. The van der Waals surface area contributed by atoms with E-state index in [1.165, 1.54) is 42.7 Å². The molecule has 2 amide bonds. The highest BCUT2D eigenvalue weighted by molar-refractivity contribution is 7.15. The van der Waals surface area contributed by atoms with Crippen molar-refractivity contribution in [3.63, 3.8) is 0 Å². The van der Waals surface area contributed by atoms with Gasteiger partial charge in [-0.3, -0.25) is 20.2 Å². The number of nitrogens with zero attached hydrogens (tertiary/aromatic N) is 3. The zero-order valence-corrected chi connectivity index (χ0v) is 15.2. The van der Waals surface area contributed by atoms with Gasteiger partial charge in [0.05, 0.1) is 24.3 Å². The number of methoxy groups -OCH3 is 1. The van der Waals surface area contributed by atoms with Gasteiger partial charge in [0, 0.05) is 36.1 Å². The summed E-state index contributed by atoms with van der Waals surface area (Å²) in [4.78, 5) is 40.9. The zero-order chi connectivity index (χ0) is 19.4. The van der Waals surface area contributed by atoms with Gasteiger partial charge in [0.2, 0.25) is 5.91 Å². The van der Waals surface area contributed by atoms with Gasteiger partial charge in [-0.15, -0.1) is 0 Å². The number of nitro groups is 1. The molecular formula is C17H16N4O5S. The van der Waals surface area contributed by atoms with Crippen molar-refractivity contribution in [3.8, 4) is 0 Å². The van der Waals surface area contributed by atoms with Gasteiger partial charge in [0.25, 0.3) is 5.69 Å². The molecule has 1 aliphatic rings. The number of thiazole rings is 1. The quantitative estimate of drug-likeness (QED) is 0.489. The van der Waals surface area contributed by atoms with E-state index >= 15 is 0 Å². The van der Waals surface area contributed by atoms with Gasteiger partial charge in [0.15, 0.2) is 5.13 Å². The Bertz CT molecular complexity index is 924. The Morgan fingerprint density at radius 2 is 2.26 bits per heavy atom. The fraction of sp³-hybridized carbons (Fsp3) is 0.235. The Hall–Kier alpha value is -3.27. The van der Waals surface area contributed by atoms with Crippen LogP contribution in [0.4, 0.5) is 15.6 Å². The molecule has 1 aromatic heterocycles. The van der Waals surface area contributed by atoms with Crippen LogP contribution in [-0.2, 0) is 22.5 Å². The first-order valence-electron chi connectivity index (χ1n) is 8.01. The molecule has 10 heteroatoms. The van der Waals surface area contributed by atoms with Gasteiger partial charge in [-0.05, 0) is 11.6 Å². The molecule has 2 heterocycles. The fourth-order valence-corrected chi connectivity index (χ4v) is 3.62. The Kier molecular flexibility index (Phi) is 5.46. The molecule has 3 rings (SSSR count).